The minimum absolute atomic E-state index is 0.0335. The van der Waals surface area contributed by atoms with E-state index in [0.29, 0.717) is 29.2 Å². The van der Waals surface area contributed by atoms with Gasteiger partial charge in [-0.25, -0.2) is 9.80 Å². The fourth-order valence-electron chi connectivity index (χ4n) is 4.12. The Kier molecular flexibility index (Phi) is 6.42. The van der Waals surface area contributed by atoms with Crippen molar-refractivity contribution in [3.05, 3.63) is 41.2 Å². The third-order valence-electron chi connectivity index (χ3n) is 5.82. The van der Waals surface area contributed by atoms with E-state index in [9.17, 15) is 18.8 Å². The summed E-state index contributed by atoms with van der Waals surface area (Å²) in [5.41, 5.74) is 6.58. The SMILES string of the molecule is CC(C)=C(F)[C@@H](C)NC(=O)[C@@H]1C[C@H]2C[C@H]2N1C(=O)CNc1ccccc1C(=[NH2+])C(N)=O. The molecule has 0 radical (unpaired) electrons. The van der Waals surface area contributed by atoms with Crippen molar-refractivity contribution >= 4 is 29.1 Å². The number of nitrogens with zero attached hydrogens (tertiary/aromatic N) is 1. The Hall–Kier alpha value is -3.23. The third-order valence-corrected chi connectivity index (χ3v) is 5.82. The summed E-state index contributed by atoms with van der Waals surface area (Å²) >= 11 is 0. The van der Waals surface area contributed by atoms with Gasteiger partial charge >= 0.3 is 5.91 Å². The molecule has 3 rings (SSSR count). The number of fused-ring (bicyclic) bond motifs is 1. The van der Waals surface area contributed by atoms with Crippen LogP contribution in [0.15, 0.2) is 35.7 Å². The van der Waals surface area contributed by atoms with Crippen LogP contribution in [-0.4, -0.2) is 53.0 Å². The first kappa shape index (κ1) is 22.5. The van der Waals surface area contributed by atoms with Gasteiger partial charge in [-0.05, 0) is 57.2 Å². The zero-order chi connectivity index (χ0) is 22.9. The number of likely N-dealkylation sites (tertiary alicyclic amines) is 1. The number of anilines is 1. The van der Waals surface area contributed by atoms with Crippen molar-refractivity contribution in [1.82, 2.24) is 10.2 Å². The van der Waals surface area contributed by atoms with Crippen molar-refractivity contribution in [2.45, 2.75) is 51.7 Å². The summed E-state index contributed by atoms with van der Waals surface area (Å²) in [4.78, 5) is 38.8. The number of para-hydroxylation sites is 1. The number of benzene rings is 1. The predicted octanol–water partition coefficient (Wildman–Crippen LogP) is -0.110. The van der Waals surface area contributed by atoms with Gasteiger partial charge in [-0.1, -0.05) is 12.1 Å². The Bertz CT molecular complexity index is 956. The lowest BCUT2D eigenvalue weighted by molar-refractivity contribution is -0.138. The average molecular weight is 431 g/mol. The second-order valence-corrected chi connectivity index (χ2v) is 8.37. The molecule has 31 heavy (non-hydrogen) atoms. The third kappa shape index (κ3) is 4.76. The van der Waals surface area contributed by atoms with Crippen molar-refractivity contribution < 1.29 is 24.2 Å². The lowest BCUT2D eigenvalue weighted by Crippen LogP contribution is -2.51. The first-order valence-corrected chi connectivity index (χ1v) is 10.3. The maximum absolute atomic E-state index is 14.1. The molecule has 1 aliphatic heterocycles. The molecule has 3 amide bonds. The van der Waals surface area contributed by atoms with Crippen LogP contribution in [0.1, 0.15) is 39.2 Å². The zero-order valence-corrected chi connectivity index (χ0v) is 17.9. The quantitative estimate of drug-likeness (QED) is 0.429. The lowest BCUT2D eigenvalue weighted by atomic mass is 10.1. The summed E-state index contributed by atoms with van der Waals surface area (Å²) in [7, 11) is 0. The molecule has 2 fully saturated rings. The summed E-state index contributed by atoms with van der Waals surface area (Å²) in [6.45, 7) is 4.79. The van der Waals surface area contributed by atoms with Gasteiger partial charge in [-0.15, -0.1) is 0 Å². The van der Waals surface area contributed by atoms with Gasteiger partial charge in [0.05, 0.1) is 18.2 Å². The number of carbonyl (C=O) groups is 3. The van der Waals surface area contributed by atoms with Crippen molar-refractivity contribution in [3.63, 3.8) is 0 Å². The van der Waals surface area contributed by atoms with E-state index in [0.717, 1.165) is 6.42 Å². The fraction of sp³-hybridized carbons (Fsp3) is 0.455. The highest BCUT2D eigenvalue weighted by atomic mass is 19.1. The van der Waals surface area contributed by atoms with Crippen LogP contribution in [0.2, 0.25) is 0 Å². The van der Waals surface area contributed by atoms with Crippen molar-refractivity contribution in [2.24, 2.45) is 11.7 Å². The number of primary amides is 1. The number of halogens is 1. The molecule has 1 aliphatic carbocycles. The van der Waals surface area contributed by atoms with E-state index >= 15 is 0 Å². The highest BCUT2D eigenvalue weighted by molar-refractivity contribution is 6.43. The maximum Gasteiger partial charge on any atom is 0.313 e. The van der Waals surface area contributed by atoms with E-state index in [-0.39, 0.29) is 35.9 Å². The smallest absolute Gasteiger partial charge is 0.313 e. The van der Waals surface area contributed by atoms with Crippen LogP contribution in [0.5, 0.6) is 0 Å². The number of nitrogens with one attached hydrogen (secondary N) is 2. The van der Waals surface area contributed by atoms with Crippen LogP contribution in [0, 0.1) is 5.92 Å². The number of carbonyl (C=O) groups excluding carboxylic acids is 3. The number of hydrogen-bond donors (Lipinski definition) is 4. The first-order valence-electron chi connectivity index (χ1n) is 10.3. The topological polar surface area (TPSA) is 130 Å². The Balaban J connectivity index is 1.67. The lowest BCUT2D eigenvalue weighted by Gasteiger charge is -2.28. The Morgan fingerprint density at radius 3 is 2.58 bits per heavy atom. The molecule has 1 aromatic rings. The van der Waals surface area contributed by atoms with E-state index in [1.54, 1.807) is 49.9 Å². The largest absolute Gasteiger partial charge is 0.375 e. The Morgan fingerprint density at radius 2 is 1.94 bits per heavy atom. The number of hydrogen-bond acceptors (Lipinski definition) is 4. The highest BCUT2D eigenvalue weighted by Gasteiger charge is 2.56. The van der Waals surface area contributed by atoms with Gasteiger partial charge in [0.25, 0.3) is 5.71 Å². The van der Waals surface area contributed by atoms with E-state index in [2.05, 4.69) is 10.6 Å². The molecule has 4 atom stereocenters. The molecule has 166 valence electrons. The molecule has 6 N–H and O–H groups in total. The number of piperidine rings is 1. The number of allylic oxidation sites excluding steroid dienone is 1. The van der Waals surface area contributed by atoms with Crippen LogP contribution < -0.4 is 21.8 Å². The van der Waals surface area contributed by atoms with E-state index in [4.69, 9.17) is 11.1 Å². The van der Waals surface area contributed by atoms with Gasteiger partial charge in [0.1, 0.15) is 11.9 Å². The van der Waals surface area contributed by atoms with Crippen LogP contribution in [0.4, 0.5) is 10.1 Å². The second kappa shape index (κ2) is 8.87. The molecular weight excluding hydrogens is 401 g/mol. The van der Waals surface area contributed by atoms with Gasteiger partial charge in [0, 0.05) is 11.7 Å². The summed E-state index contributed by atoms with van der Waals surface area (Å²) < 4.78 is 14.1. The number of nitrogens with two attached hydrogens (primary N) is 2. The molecule has 0 bridgehead atoms. The Labute approximate surface area is 180 Å². The normalized spacial score (nSPS) is 22.2. The standard InChI is InChI=1S/C22H28FN5O3/c1-11(2)19(23)12(3)27-22(31)17-9-13-8-16(13)28(17)18(29)10-26-15-7-5-4-6-14(15)20(24)21(25)30/h4-7,12-13,16-17,24,26H,8-10H2,1-3H3,(H2,25,30)(H,27,31)/p+1/t12-,13-,16-,17+/m1/s1. The molecule has 9 heteroatoms. The summed E-state index contributed by atoms with van der Waals surface area (Å²) in [6, 6.07) is 5.44. The van der Waals surface area contributed by atoms with Gasteiger partial charge in [0.2, 0.25) is 11.8 Å². The molecule has 0 aromatic heterocycles. The molecule has 8 nitrogen and oxygen atoms in total. The minimum atomic E-state index is -0.754. The first-order chi connectivity index (χ1) is 14.6. The van der Waals surface area contributed by atoms with Crippen LogP contribution in [0.25, 0.3) is 0 Å². The van der Waals surface area contributed by atoms with Gasteiger partial charge in [-0.2, -0.15) is 0 Å². The highest BCUT2D eigenvalue weighted by Crippen LogP contribution is 2.47. The fourth-order valence-corrected chi connectivity index (χ4v) is 4.12. The molecule has 1 saturated heterocycles. The number of amides is 3. The molecule has 0 unspecified atom stereocenters. The Morgan fingerprint density at radius 1 is 1.26 bits per heavy atom. The summed E-state index contributed by atoms with van der Waals surface area (Å²) in [5.74, 6) is -1.43. The van der Waals surface area contributed by atoms with E-state index < -0.39 is 18.0 Å². The second-order valence-electron chi connectivity index (χ2n) is 8.37. The van der Waals surface area contributed by atoms with Crippen LogP contribution >= 0.6 is 0 Å². The van der Waals surface area contributed by atoms with E-state index in [1.165, 1.54) is 0 Å². The van der Waals surface area contributed by atoms with Crippen molar-refractivity contribution in [1.29, 1.82) is 0 Å². The van der Waals surface area contributed by atoms with Crippen molar-refractivity contribution in [3.8, 4) is 0 Å². The predicted molar refractivity (Wildman–Crippen MR) is 114 cm³/mol. The monoisotopic (exact) mass is 430 g/mol. The molecule has 1 aromatic carbocycles. The molecule has 1 saturated carbocycles. The summed E-state index contributed by atoms with van der Waals surface area (Å²) in [6.07, 6.45) is 1.44. The maximum atomic E-state index is 14.1. The molecule has 1 heterocycles. The van der Waals surface area contributed by atoms with Crippen LogP contribution in [-0.2, 0) is 14.4 Å². The van der Waals surface area contributed by atoms with E-state index in [1.807, 2.05) is 0 Å². The molecular formula is C22H29FN5O3+. The zero-order valence-electron chi connectivity index (χ0n) is 17.9. The number of rotatable bonds is 8. The van der Waals surface area contributed by atoms with Gasteiger partial charge in [0.15, 0.2) is 0 Å². The van der Waals surface area contributed by atoms with Crippen molar-refractivity contribution in [2.75, 3.05) is 11.9 Å². The summed E-state index contributed by atoms with van der Waals surface area (Å²) in [5, 5.41) is 11.5. The average Bonchev–Trinajstić information content (AvgIpc) is 3.39. The minimum Gasteiger partial charge on any atom is -0.375 e. The van der Waals surface area contributed by atoms with Crippen LogP contribution in [0.3, 0.4) is 0 Å². The molecule has 0 spiro atoms. The molecule has 2 aliphatic rings. The van der Waals surface area contributed by atoms with Gasteiger partial charge in [-0.3, -0.25) is 14.4 Å². The van der Waals surface area contributed by atoms with Gasteiger partial charge < -0.3 is 21.3 Å².